The van der Waals surface area contributed by atoms with Crippen molar-refractivity contribution in [2.45, 2.75) is 32.0 Å². The molecule has 0 amide bonds. The minimum Gasteiger partial charge on any atom is -0.305 e. The first-order valence-corrected chi connectivity index (χ1v) is 7.85. The number of aromatic nitrogens is 5. The van der Waals surface area contributed by atoms with Gasteiger partial charge in [-0.3, -0.25) is 9.58 Å². The highest BCUT2D eigenvalue weighted by atomic mass is 35.5. The van der Waals surface area contributed by atoms with Gasteiger partial charge in [-0.05, 0) is 31.5 Å². The van der Waals surface area contributed by atoms with Crippen LogP contribution in [0.4, 0.5) is 0 Å². The van der Waals surface area contributed by atoms with E-state index in [0.717, 1.165) is 36.0 Å². The number of likely N-dealkylation sites (tertiary alicyclic amines) is 1. The van der Waals surface area contributed by atoms with Crippen LogP contribution >= 0.6 is 11.6 Å². The normalized spacial score (nSPS) is 19.2. The van der Waals surface area contributed by atoms with Crippen molar-refractivity contribution in [2.24, 2.45) is 0 Å². The molecular formula is C15H17ClN6. The minimum atomic E-state index is 0.495. The molecule has 0 N–H and O–H groups in total. The molecule has 1 aliphatic rings. The molecule has 7 heteroatoms. The van der Waals surface area contributed by atoms with E-state index in [2.05, 4.69) is 26.2 Å². The van der Waals surface area contributed by atoms with Crippen LogP contribution in [-0.4, -0.2) is 41.6 Å². The van der Waals surface area contributed by atoms with Gasteiger partial charge in [-0.2, -0.15) is 5.10 Å². The first-order valence-electron chi connectivity index (χ1n) is 7.47. The highest BCUT2D eigenvalue weighted by Gasteiger charge is 2.25. The predicted molar refractivity (Wildman–Crippen MR) is 83.7 cm³/mol. The largest absolute Gasteiger partial charge is 0.305 e. The molecule has 1 atom stereocenters. The van der Waals surface area contributed by atoms with Crippen LogP contribution in [0.3, 0.4) is 0 Å². The van der Waals surface area contributed by atoms with Crippen LogP contribution in [0, 0.1) is 0 Å². The van der Waals surface area contributed by atoms with Gasteiger partial charge in [-0.15, -0.1) is 0 Å². The van der Waals surface area contributed by atoms with Crippen molar-refractivity contribution in [1.82, 2.24) is 29.0 Å². The van der Waals surface area contributed by atoms with Crippen LogP contribution in [-0.2, 0) is 13.1 Å². The SMILES string of the molecule is Clc1ccc2nc(CN3CCC[C@H]3Cn3cncn3)cn2c1. The van der Waals surface area contributed by atoms with E-state index in [0.29, 0.717) is 6.04 Å². The molecule has 4 heterocycles. The summed E-state index contributed by atoms with van der Waals surface area (Å²) in [6.07, 6.45) is 9.74. The number of pyridine rings is 1. The number of imidazole rings is 1. The summed E-state index contributed by atoms with van der Waals surface area (Å²) in [6, 6.07) is 4.31. The molecule has 0 aromatic carbocycles. The fourth-order valence-corrected chi connectivity index (χ4v) is 3.32. The lowest BCUT2D eigenvalue weighted by Crippen LogP contribution is -2.32. The van der Waals surface area contributed by atoms with Crippen LogP contribution < -0.4 is 0 Å². The third kappa shape index (κ3) is 2.71. The predicted octanol–water partition coefficient (Wildman–Crippen LogP) is 2.24. The Morgan fingerprint density at radius 2 is 2.23 bits per heavy atom. The third-order valence-electron chi connectivity index (χ3n) is 4.19. The molecular weight excluding hydrogens is 300 g/mol. The van der Waals surface area contributed by atoms with Crippen LogP contribution in [0.5, 0.6) is 0 Å². The Morgan fingerprint density at radius 3 is 3.09 bits per heavy atom. The molecule has 0 unspecified atom stereocenters. The van der Waals surface area contributed by atoms with Crippen LogP contribution in [0.1, 0.15) is 18.5 Å². The van der Waals surface area contributed by atoms with Crippen molar-refractivity contribution < 1.29 is 0 Å². The second-order valence-corrected chi connectivity index (χ2v) is 6.17. The first-order chi connectivity index (χ1) is 10.8. The highest BCUT2D eigenvalue weighted by Crippen LogP contribution is 2.21. The topological polar surface area (TPSA) is 51.2 Å². The van der Waals surface area contributed by atoms with E-state index in [1.54, 1.807) is 12.7 Å². The van der Waals surface area contributed by atoms with E-state index in [1.807, 2.05) is 27.4 Å². The first kappa shape index (κ1) is 13.7. The summed E-state index contributed by atoms with van der Waals surface area (Å²) in [6.45, 7) is 2.85. The average Bonchev–Trinajstić information content (AvgIpc) is 3.21. The fraction of sp³-hybridized carbons (Fsp3) is 0.400. The Labute approximate surface area is 133 Å². The minimum absolute atomic E-state index is 0.495. The molecule has 0 aliphatic carbocycles. The lowest BCUT2D eigenvalue weighted by molar-refractivity contribution is 0.217. The Morgan fingerprint density at radius 1 is 1.27 bits per heavy atom. The zero-order valence-electron chi connectivity index (χ0n) is 12.1. The molecule has 22 heavy (non-hydrogen) atoms. The fourth-order valence-electron chi connectivity index (χ4n) is 3.15. The molecule has 114 valence electrons. The van der Waals surface area contributed by atoms with E-state index >= 15 is 0 Å². The summed E-state index contributed by atoms with van der Waals surface area (Å²) < 4.78 is 3.90. The van der Waals surface area contributed by atoms with Gasteiger partial charge in [0.25, 0.3) is 0 Å². The lowest BCUT2D eigenvalue weighted by atomic mass is 10.2. The zero-order chi connectivity index (χ0) is 14.9. The molecule has 0 saturated carbocycles. The van der Waals surface area contributed by atoms with Crippen molar-refractivity contribution >= 4 is 17.2 Å². The third-order valence-corrected chi connectivity index (χ3v) is 4.42. The molecule has 4 rings (SSSR count). The molecule has 0 spiro atoms. The maximum atomic E-state index is 6.03. The lowest BCUT2D eigenvalue weighted by Gasteiger charge is -2.23. The van der Waals surface area contributed by atoms with Crippen molar-refractivity contribution in [3.8, 4) is 0 Å². The van der Waals surface area contributed by atoms with E-state index in [1.165, 1.54) is 12.8 Å². The second kappa shape index (κ2) is 5.70. The van der Waals surface area contributed by atoms with Gasteiger partial charge in [0, 0.05) is 25.0 Å². The second-order valence-electron chi connectivity index (χ2n) is 5.73. The quantitative estimate of drug-likeness (QED) is 0.741. The summed E-state index contributed by atoms with van der Waals surface area (Å²) >= 11 is 6.03. The van der Waals surface area contributed by atoms with Crippen molar-refractivity contribution in [3.05, 3.63) is 47.9 Å². The van der Waals surface area contributed by atoms with E-state index in [9.17, 15) is 0 Å². The van der Waals surface area contributed by atoms with Gasteiger partial charge in [-0.1, -0.05) is 11.6 Å². The molecule has 3 aromatic rings. The van der Waals surface area contributed by atoms with Gasteiger partial charge in [0.2, 0.25) is 0 Å². The maximum Gasteiger partial charge on any atom is 0.137 e. The summed E-state index contributed by atoms with van der Waals surface area (Å²) in [5.41, 5.74) is 2.01. The molecule has 1 fully saturated rings. The van der Waals surface area contributed by atoms with Crippen LogP contribution in [0.15, 0.2) is 37.2 Å². The van der Waals surface area contributed by atoms with Gasteiger partial charge >= 0.3 is 0 Å². The van der Waals surface area contributed by atoms with E-state index < -0.39 is 0 Å². The zero-order valence-corrected chi connectivity index (χ0v) is 12.9. The number of fused-ring (bicyclic) bond motifs is 1. The Bertz CT molecular complexity index is 766. The summed E-state index contributed by atoms with van der Waals surface area (Å²) in [7, 11) is 0. The van der Waals surface area contributed by atoms with Gasteiger partial charge in [0.15, 0.2) is 0 Å². The Kier molecular flexibility index (Phi) is 3.56. The van der Waals surface area contributed by atoms with Crippen LogP contribution in [0.25, 0.3) is 5.65 Å². The Hall–Kier alpha value is -1.92. The van der Waals surface area contributed by atoms with Crippen molar-refractivity contribution in [2.75, 3.05) is 6.54 Å². The van der Waals surface area contributed by atoms with Crippen molar-refractivity contribution in [3.63, 3.8) is 0 Å². The van der Waals surface area contributed by atoms with Gasteiger partial charge in [0.05, 0.1) is 17.3 Å². The number of hydrogen-bond acceptors (Lipinski definition) is 4. The summed E-state index contributed by atoms with van der Waals surface area (Å²) in [5.74, 6) is 0. The highest BCUT2D eigenvalue weighted by molar-refractivity contribution is 6.30. The number of rotatable bonds is 4. The standard InChI is InChI=1S/C15H17ClN6/c16-12-3-4-15-19-13(8-21(15)6-12)7-20-5-1-2-14(20)9-22-11-17-10-18-22/h3-4,6,8,10-11,14H,1-2,5,7,9H2/t14-/m0/s1. The average molecular weight is 317 g/mol. The summed E-state index contributed by atoms with van der Waals surface area (Å²) in [5, 5.41) is 4.93. The van der Waals surface area contributed by atoms with E-state index in [-0.39, 0.29) is 0 Å². The molecule has 0 bridgehead atoms. The number of nitrogens with zero attached hydrogens (tertiary/aromatic N) is 6. The van der Waals surface area contributed by atoms with Crippen LogP contribution in [0.2, 0.25) is 5.02 Å². The molecule has 1 aliphatic heterocycles. The molecule has 6 nitrogen and oxygen atoms in total. The van der Waals surface area contributed by atoms with Crippen molar-refractivity contribution in [1.29, 1.82) is 0 Å². The molecule has 1 saturated heterocycles. The van der Waals surface area contributed by atoms with Gasteiger partial charge in [-0.25, -0.2) is 9.97 Å². The molecule has 3 aromatic heterocycles. The number of halogens is 1. The van der Waals surface area contributed by atoms with E-state index in [4.69, 9.17) is 11.6 Å². The molecule has 0 radical (unpaired) electrons. The van der Waals surface area contributed by atoms with Gasteiger partial charge < -0.3 is 4.40 Å². The smallest absolute Gasteiger partial charge is 0.137 e. The number of hydrogen-bond donors (Lipinski definition) is 0. The Balaban J connectivity index is 1.50. The monoisotopic (exact) mass is 316 g/mol. The summed E-state index contributed by atoms with van der Waals surface area (Å²) in [4.78, 5) is 11.2. The van der Waals surface area contributed by atoms with Gasteiger partial charge in [0.1, 0.15) is 18.3 Å². The maximum absolute atomic E-state index is 6.03.